The monoisotopic (exact) mass is 333 g/mol. The van der Waals surface area contributed by atoms with Gasteiger partial charge in [-0.05, 0) is 17.7 Å². The van der Waals surface area contributed by atoms with Crippen molar-refractivity contribution in [2.45, 2.75) is 6.54 Å². The van der Waals surface area contributed by atoms with E-state index in [0.717, 1.165) is 33.6 Å². The fraction of sp³-hybridized carbons (Fsp3) is 0.0435. The second-order valence-corrected chi connectivity index (χ2v) is 6.27. The number of hydrogen-bond donors (Lipinski definition) is 0. The zero-order valence-electron chi connectivity index (χ0n) is 14.1. The molecule has 0 spiro atoms. The van der Waals surface area contributed by atoms with Gasteiger partial charge < -0.3 is 0 Å². The first-order valence-electron chi connectivity index (χ1n) is 8.58. The summed E-state index contributed by atoms with van der Waals surface area (Å²) in [6.07, 6.45) is 0. The Bertz CT molecular complexity index is 1160. The van der Waals surface area contributed by atoms with Crippen molar-refractivity contribution in [3.63, 3.8) is 0 Å². The second-order valence-electron chi connectivity index (χ2n) is 6.27. The van der Waals surface area contributed by atoms with E-state index in [1.807, 2.05) is 53.2 Å². The number of aromatic nitrogens is 3. The van der Waals surface area contributed by atoms with Crippen LogP contribution in [0.2, 0.25) is 0 Å². The highest BCUT2D eigenvalue weighted by molar-refractivity contribution is 5.85. The quantitative estimate of drug-likeness (QED) is 0.449. The van der Waals surface area contributed by atoms with Crippen LogP contribution in [0.1, 0.15) is 16.7 Å². The summed E-state index contributed by atoms with van der Waals surface area (Å²) in [6.45, 7) is 0.674. The average Bonchev–Trinajstić information content (AvgIpc) is 3.09. The van der Waals surface area contributed by atoms with Crippen molar-refractivity contribution in [2.75, 3.05) is 0 Å². The first-order chi connectivity index (χ1) is 12.9. The highest BCUT2D eigenvalue weighted by atomic mass is 15.4. The molecule has 0 aliphatic heterocycles. The summed E-state index contributed by atoms with van der Waals surface area (Å²) in [4.78, 5) is 0. The smallest absolute Gasteiger partial charge is 0.122 e. The van der Waals surface area contributed by atoms with Crippen molar-refractivity contribution in [1.82, 2.24) is 15.0 Å². The lowest BCUT2D eigenvalue weighted by Gasteiger charge is -2.13. The molecule has 0 N–H and O–H groups in total. The first-order valence-corrected chi connectivity index (χ1v) is 8.58. The van der Waals surface area contributed by atoms with E-state index in [4.69, 9.17) is 0 Å². The van der Waals surface area contributed by atoms with E-state index >= 15 is 0 Å². The van der Waals surface area contributed by atoms with Crippen LogP contribution in [0, 0.1) is 11.8 Å². The van der Waals surface area contributed by atoms with Crippen molar-refractivity contribution in [1.29, 1.82) is 0 Å². The molecule has 3 nitrogen and oxygen atoms in total. The third-order valence-corrected chi connectivity index (χ3v) is 4.61. The maximum absolute atomic E-state index is 4.54. The van der Waals surface area contributed by atoms with E-state index < -0.39 is 0 Å². The molecule has 4 aromatic rings. The van der Waals surface area contributed by atoms with Gasteiger partial charge in [0.2, 0.25) is 0 Å². The molecule has 0 amide bonds. The topological polar surface area (TPSA) is 30.7 Å². The minimum atomic E-state index is 0.674. The van der Waals surface area contributed by atoms with E-state index in [9.17, 15) is 0 Å². The standard InChI is InChI=1S/C23H15N3/c1-2-8-17(9-3-1)16-26-23-21-13-7-5-11-19(21)15-14-18-10-4-6-12-20(18)22(23)24-25-26/h1-13H,16H2. The molecule has 1 aliphatic carbocycles. The molecule has 3 heteroatoms. The van der Waals surface area contributed by atoms with Crippen LogP contribution >= 0.6 is 0 Å². The van der Waals surface area contributed by atoms with Crippen LogP contribution in [0.25, 0.3) is 22.5 Å². The Morgan fingerprint density at radius 1 is 0.692 bits per heavy atom. The largest absolute Gasteiger partial charge is 0.240 e. The van der Waals surface area contributed by atoms with Gasteiger partial charge in [-0.25, -0.2) is 4.68 Å². The predicted octanol–water partition coefficient (Wildman–Crippen LogP) is 4.37. The Morgan fingerprint density at radius 2 is 1.31 bits per heavy atom. The van der Waals surface area contributed by atoms with E-state index in [1.165, 1.54) is 5.56 Å². The molecule has 1 aromatic heterocycles. The second kappa shape index (κ2) is 6.02. The van der Waals surface area contributed by atoms with Gasteiger partial charge in [0.05, 0.1) is 12.2 Å². The molecule has 5 rings (SSSR count). The highest BCUT2D eigenvalue weighted by Crippen LogP contribution is 2.35. The average molecular weight is 333 g/mol. The van der Waals surface area contributed by atoms with Gasteiger partial charge in [-0.1, -0.05) is 83.8 Å². The van der Waals surface area contributed by atoms with E-state index in [-0.39, 0.29) is 0 Å². The number of hydrogen-bond acceptors (Lipinski definition) is 2. The zero-order valence-corrected chi connectivity index (χ0v) is 14.1. The van der Waals surface area contributed by atoms with Crippen molar-refractivity contribution in [2.24, 2.45) is 0 Å². The lowest BCUT2D eigenvalue weighted by molar-refractivity contribution is 0.655. The molecule has 1 aliphatic rings. The molecule has 26 heavy (non-hydrogen) atoms. The highest BCUT2D eigenvalue weighted by Gasteiger charge is 2.21. The molecule has 3 aromatic carbocycles. The van der Waals surface area contributed by atoms with Crippen LogP contribution in [-0.4, -0.2) is 15.0 Å². The van der Waals surface area contributed by atoms with Gasteiger partial charge in [0.15, 0.2) is 0 Å². The number of benzene rings is 3. The molecular weight excluding hydrogens is 318 g/mol. The van der Waals surface area contributed by atoms with Gasteiger partial charge in [-0.2, -0.15) is 0 Å². The zero-order chi connectivity index (χ0) is 17.3. The van der Waals surface area contributed by atoms with Gasteiger partial charge in [-0.3, -0.25) is 0 Å². The Labute approximate surface area is 151 Å². The van der Waals surface area contributed by atoms with Crippen LogP contribution in [-0.2, 0) is 6.54 Å². The Morgan fingerprint density at radius 3 is 2.08 bits per heavy atom. The normalized spacial score (nSPS) is 11.2. The van der Waals surface area contributed by atoms with E-state index in [1.54, 1.807) is 0 Å². The van der Waals surface area contributed by atoms with Crippen molar-refractivity contribution >= 4 is 0 Å². The molecule has 0 saturated carbocycles. The Kier molecular flexibility index (Phi) is 3.40. The minimum Gasteiger partial charge on any atom is -0.240 e. The van der Waals surface area contributed by atoms with Gasteiger partial charge in [0.1, 0.15) is 5.69 Å². The Balaban J connectivity index is 1.78. The Hall–Kier alpha value is -3.64. The lowest BCUT2D eigenvalue weighted by Crippen LogP contribution is -2.05. The molecule has 0 bridgehead atoms. The van der Waals surface area contributed by atoms with Gasteiger partial charge in [-0.15, -0.1) is 5.10 Å². The summed E-state index contributed by atoms with van der Waals surface area (Å²) in [6, 6.07) is 26.7. The predicted molar refractivity (Wildman–Crippen MR) is 102 cm³/mol. The van der Waals surface area contributed by atoms with Crippen LogP contribution in [0.5, 0.6) is 0 Å². The minimum absolute atomic E-state index is 0.674. The molecule has 0 saturated heterocycles. The molecule has 1 heterocycles. The van der Waals surface area contributed by atoms with Gasteiger partial charge in [0, 0.05) is 22.3 Å². The molecule has 0 atom stereocenters. The summed E-state index contributed by atoms with van der Waals surface area (Å²) in [5, 5.41) is 9.03. The molecule has 122 valence electrons. The van der Waals surface area contributed by atoms with Gasteiger partial charge in [0.25, 0.3) is 0 Å². The number of fused-ring (bicyclic) bond motifs is 5. The van der Waals surface area contributed by atoms with Crippen molar-refractivity contribution < 1.29 is 0 Å². The molecule has 0 fully saturated rings. The SMILES string of the molecule is C1#Cc2ccccc2-c2c(nnn2Cc2ccccc2)-c2ccccc21. The maximum atomic E-state index is 4.54. The fourth-order valence-electron chi connectivity index (χ4n) is 3.36. The molecule has 0 unspecified atom stereocenters. The third kappa shape index (κ3) is 2.40. The number of nitrogens with zero attached hydrogens (tertiary/aromatic N) is 3. The van der Waals surface area contributed by atoms with Gasteiger partial charge >= 0.3 is 0 Å². The summed E-state index contributed by atoms with van der Waals surface area (Å²) in [5.74, 6) is 6.62. The molecular formula is C23H15N3. The maximum Gasteiger partial charge on any atom is 0.122 e. The van der Waals surface area contributed by atoms with Crippen LogP contribution in [0.15, 0.2) is 78.9 Å². The third-order valence-electron chi connectivity index (χ3n) is 4.61. The van der Waals surface area contributed by atoms with Crippen LogP contribution < -0.4 is 0 Å². The summed E-state index contributed by atoms with van der Waals surface area (Å²) in [5.41, 5.74) is 7.19. The first kappa shape index (κ1) is 14.7. The summed E-state index contributed by atoms with van der Waals surface area (Å²) >= 11 is 0. The number of rotatable bonds is 2. The fourth-order valence-corrected chi connectivity index (χ4v) is 3.36. The van der Waals surface area contributed by atoms with E-state index in [2.05, 4.69) is 52.5 Å². The van der Waals surface area contributed by atoms with Crippen molar-refractivity contribution in [3.8, 4) is 34.4 Å². The van der Waals surface area contributed by atoms with Crippen LogP contribution in [0.4, 0.5) is 0 Å². The van der Waals surface area contributed by atoms with Crippen LogP contribution in [0.3, 0.4) is 0 Å². The summed E-state index contributed by atoms with van der Waals surface area (Å²) in [7, 11) is 0. The summed E-state index contributed by atoms with van der Waals surface area (Å²) < 4.78 is 1.98. The van der Waals surface area contributed by atoms with E-state index in [0.29, 0.717) is 6.54 Å². The lowest BCUT2D eigenvalue weighted by atomic mass is 9.95. The molecule has 0 radical (unpaired) electrons. The van der Waals surface area contributed by atoms with Crippen molar-refractivity contribution in [3.05, 3.63) is 95.6 Å².